The second kappa shape index (κ2) is 1.68. The average Bonchev–Trinajstić information content (AvgIpc) is 2.20. The van der Waals surface area contributed by atoms with Gasteiger partial charge in [-0.25, -0.2) is 4.99 Å². The Hall–Kier alpha value is -0.990. The molecule has 1 aliphatic carbocycles. The minimum atomic E-state index is -0.277. The average molecular weight is 166 g/mol. The Balaban J connectivity index is 2.53. The Bertz CT molecular complexity index is 318. The monoisotopic (exact) mass is 166 g/mol. The predicted molar refractivity (Wildman–Crippen MR) is 47.9 cm³/mol. The highest BCUT2D eigenvalue weighted by Gasteiger charge is 2.62. The van der Waals surface area contributed by atoms with E-state index in [9.17, 15) is 0 Å². The molecule has 2 rings (SSSR count). The topological polar surface area (TPSA) is 47.6 Å². The number of ether oxygens (including phenoxy) is 1. The Kier molecular flexibility index (Phi) is 1.07. The molecule has 3 nitrogen and oxygen atoms in total. The molecule has 2 aliphatic rings. The van der Waals surface area contributed by atoms with Gasteiger partial charge in [-0.1, -0.05) is 0 Å². The van der Waals surface area contributed by atoms with Crippen LogP contribution in [0, 0.1) is 0 Å². The summed E-state index contributed by atoms with van der Waals surface area (Å²) in [5.74, 6) is 0. The maximum Gasteiger partial charge on any atom is 0.283 e. The molecule has 0 radical (unpaired) electrons. The van der Waals surface area contributed by atoms with Crippen molar-refractivity contribution in [3.05, 3.63) is 11.1 Å². The van der Waals surface area contributed by atoms with Gasteiger partial charge in [0.15, 0.2) is 5.60 Å². The molecule has 0 aromatic carbocycles. The summed E-state index contributed by atoms with van der Waals surface area (Å²) in [6.45, 7) is 8.27. The Morgan fingerprint density at radius 2 is 1.83 bits per heavy atom. The normalized spacial score (nSPS) is 44.8. The van der Waals surface area contributed by atoms with Gasteiger partial charge in [0.1, 0.15) is 5.54 Å². The molecule has 3 heteroatoms. The van der Waals surface area contributed by atoms with Crippen LogP contribution in [0.15, 0.2) is 16.1 Å². The fraction of sp³-hybridized carbons (Fsp3) is 0.667. The minimum absolute atomic E-state index is 0.207. The van der Waals surface area contributed by atoms with Crippen molar-refractivity contribution < 1.29 is 4.74 Å². The van der Waals surface area contributed by atoms with E-state index in [0.29, 0.717) is 6.02 Å². The van der Waals surface area contributed by atoms with Crippen LogP contribution in [-0.2, 0) is 4.74 Å². The lowest BCUT2D eigenvalue weighted by atomic mass is 9.62. The third kappa shape index (κ3) is 0.500. The number of nitrogens with two attached hydrogens (primary N) is 1. The Morgan fingerprint density at radius 1 is 1.25 bits per heavy atom. The minimum Gasteiger partial charge on any atom is -0.452 e. The summed E-state index contributed by atoms with van der Waals surface area (Å²) in [5.41, 5.74) is 7.61. The molecule has 0 aromatic rings. The Labute approximate surface area is 72.3 Å². The van der Waals surface area contributed by atoms with Gasteiger partial charge in [-0.3, -0.25) is 0 Å². The van der Waals surface area contributed by atoms with Crippen molar-refractivity contribution >= 4 is 6.02 Å². The lowest BCUT2D eigenvalue weighted by Gasteiger charge is -2.49. The highest BCUT2D eigenvalue weighted by atomic mass is 16.5. The van der Waals surface area contributed by atoms with Gasteiger partial charge in [0, 0.05) is 0 Å². The second-order valence-corrected chi connectivity index (χ2v) is 3.91. The molecule has 1 aliphatic heterocycles. The fourth-order valence-corrected chi connectivity index (χ4v) is 2.20. The summed E-state index contributed by atoms with van der Waals surface area (Å²) in [4.78, 5) is 4.31. The maximum absolute atomic E-state index is 5.55. The van der Waals surface area contributed by atoms with Crippen LogP contribution in [0.1, 0.15) is 27.7 Å². The van der Waals surface area contributed by atoms with Crippen LogP contribution < -0.4 is 5.73 Å². The fourth-order valence-electron chi connectivity index (χ4n) is 2.20. The quantitative estimate of drug-likeness (QED) is 0.550. The first-order valence-electron chi connectivity index (χ1n) is 4.14. The molecule has 0 saturated heterocycles. The summed E-state index contributed by atoms with van der Waals surface area (Å²) in [6, 6.07) is 0.316. The highest BCUT2D eigenvalue weighted by molar-refractivity contribution is 5.79. The van der Waals surface area contributed by atoms with Crippen LogP contribution >= 0.6 is 0 Å². The van der Waals surface area contributed by atoms with Gasteiger partial charge < -0.3 is 10.5 Å². The lowest BCUT2D eigenvalue weighted by Crippen LogP contribution is -2.57. The largest absolute Gasteiger partial charge is 0.452 e. The molecule has 0 saturated carbocycles. The van der Waals surface area contributed by atoms with E-state index in [-0.39, 0.29) is 11.1 Å². The number of nitrogens with zero attached hydrogens (tertiary/aromatic N) is 1. The predicted octanol–water partition coefficient (Wildman–Crippen LogP) is 1.20. The standard InChI is InChI=1S/C9H14N2O/c1-5-6(2)9(4)8(5,3)11-7(10)12-9/h1-4H3,(H2,10,11)/t8-,9+/m1/s1. The molecular weight excluding hydrogens is 152 g/mol. The zero-order valence-electron chi connectivity index (χ0n) is 7.93. The number of aliphatic imine (C=N–C) groups is 1. The summed E-state index contributed by atoms with van der Waals surface area (Å²) < 4.78 is 5.50. The van der Waals surface area contributed by atoms with E-state index in [1.165, 1.54) is 11.1 Å². The molecule has 0 bridgehead atoms. The van der Waals surface area contributed by atoms with Gasteiger partial charge >= 0.3 is 0 Å². The number of rotatable bonds is 0. The Morgan fingerprint density at radius 3 is 2.33 bits per heavy atom. The number of hydrogen-bond donors (Lipinski definition) is 1. The number of hydrogen-bond acceptors (Lipinski definition) is 3. The van der Waals surface area contributed by atoms with Crippen LogP contribution in [0.25, 0.3) is 0 Å². The van der Waals surface area contributed by atoms with Gasteiger partial charge in [-0.05, 0) is 38.8 Å². The van der Waals surface area contributed by atoms with Crippen LogP contribution in [0.5, 0.6) is 0 Å². The second-order valence-electron chi connectivity index (χ2n) is 3.91. The lowest BCUT2D eigenvalue weighted by molar-refractivity contribution is 0.0552. The zero-order chi connectivity index (χ0) is 9.15. The molecule has 0 amide bonds. The first-order chi connectivity index (χ1) is 5.42. The van der Waals surface area contributed by atoms with Gasteiger partial charge in [0.25, 0.3) is 6.02 Å². The first-order valence-corrected chi connectivity index (χ1v) is 4.14. The molecule has 0 fully saturated rings. The summed E-state index contributed by atoms with van der Waals surface area (Å²) in [5, 5.41) is 0. The van der Waals surface area contributed by atoms with E-state index in [1.54, 1.807) is 0 Å². The van der Waals surface area contributed by atoms with Gasteiger partial charge in [-0.15, -0.1) is 0 Å². The van der Waals surface area contributed by atoms with Crippen molar-refractivity contribution in [2.24, 2.45) is 10.7 Å². The van der Waals surface area contributed by atoms with E-state index in [4.69, 9.17) is 10.5 Å². The third-order valence-electron chi connectivity index (χ3n) is 3.58. The van der Waals surface area contributed by atoms with E-state index in [0.717, 1.165) is 0 Å². The smallest absolute Gasteiger partial charge is 0.283 e. The van der Waals surface area contributed by atoms with Gasteiger partial charge in [-0.2, -0.15) is 0 Å². The van der Waals surface area contributed by atoms with Crippen molar-refractivity contribution in [1.82, 2.24) is 0 Å². The van der Waals surface area contributed by atoms with Crippen molar-refractivity contribution in [1.29, 1.82) is 0 Å². The number of amidine groups is 1. The third-order valence-corrected chi connectivity index (χ3v) is 3.58. The van der Waals surface area contributed by atoms with E-state index in [1.807, 2.05) is 6.92 Å². The maximum atomic E-state index is 5.55. The summed E-state index contributed by atoms with van der Waals surface area (Å²) >= 11 is 0. The summed E-state index contributed by atoms with van der Waals surface area (Å²) in [6.07, 6.45) is 0. The van der Waals surface area contributed by atoms with Crippen molar-refractivity contribution in [3.8, 4) is 0 Å². The number of fused-ring (bicyclic) bond motifs is 1. The zero-order valence-corrected chi connectivity index (χ0v) is 7.93. The molecule has 0 aromatic heterocycles. The van der Waals surface area contributed by atoms with Crippen molar-refractivity contribution in [2.75, 3.05) is 0 Å². The van der Waals surface area contributed by atoms with Crippen LogP contribution in [0.2, 0.25) is 0 Å². The molecule has 66 valence electrons. The van der Waals surface area contributed by atoms with Crippen molar-refractivity contribution in [2.45, 2.75) is 38.8 Å². The first kappa shape index (κ1) is 7.65. The van der Waals surface area contributed by atoms with Crippen LogP contribution in [-0.4, -0.2) is 17.2 Å². The van der Waals surface area contributed by atoms with E-state index < -0.39 is 0 Å². The molecular formula is C9H14N2O. The van der Waals surface area contributed by atoms with E-state index >= 15 is 0 Å². The van der Waals surface area contributed by atoms with Crippen LogP contribution in [0.3, 0.4) is 0 Å². The van der Waals surface area contributed by atoms with E-state index in [2.05, 4.69) is 25.8 Å². The molecule has 12 heavy (non-hydrogen) atoms. The summed E-state index contributed by atoms with van der Waals surface area (Å²) in [7, 11) is 0. The molecule has 0 spiro atoms. The van der Waals surface area contributed by atoms with Gasteiger partial charge in [0.2, 0.25) is 0 Å². The SMILES string of the molecule is CC1=C(C)[C@@]2(C)N=C(N)O[C@@]12C. The molecule has 2 atom stereocenters. The van der Waals surface area contributed by atoms with Gasteiger partial charge in [0.05, 0.1) is 0 Å². The van der Waals surface area contributed by atoms with Crippen molar-refractivity contribution in [3.63, 3.8) is 0 Å². The molecule has 2 N–H and O–H groups in total. The van der Waals surface area contributed by atoms with Crippen LogP contribution in [0.4, 0.5) is 0 Å². The molecule has 1 heterocycles. The molecule has 0 unspecified atom stereocenters. The highest BCUT2D eigenvalue weighted by Crippen LogP contribution is 2.54.